The van der Waals surface area contributed by atoms with E-state index in [1.165, 1.54) is 16.2 Å². The second-order valence-electron chi connectivity index (χ2n) is 8.75. The molecular weight excluding hydrogens is 420 g/mol. The molecular formula is C31H27O3-. The molecule has 0 heterocycles. The first kappa shape index (κ1) is 22.0. The predicted octanol–water partition coefficient (Wildman–Crippen LogP) is 7.13. The molecule has 0 radical (unpaired) electrons. The van der Waals surface area contributed by atoms with Crippen molar-refractivity contribution in [1.82, 2.24) is 0 Å². The third-order valence-electron chi connectivity index (χ3n) is 6.64. The summed E-state index contributed by atoms with van der Waals surface area (Å²) >= 11 is 0. The molecule has 0 bridgehead atoms. The monoisotopic (exact) mass is 447 g/mol. The van der Waals surface area contributed by atoms with Crippen molar-refractivity contribution in [2.24, 2.45) is 0 Å². The van der Waals surface area contributed by atoms with Gasteiger partial charge in [0.15, 0.2) is 0 Å². The Hall–Kier alpha value is -3.85. The molecule has 0 aliphatic heterocycles. The number of fused-ring (bicyclic) bond motifs is 6. The SMILES string of the molecule is CCCC(CC)Oc1cccc(C(=O)[O-])c1-c1ccc2c3ccccc3c3ccccc3c2c1. The molecule has 34 heavy (non-hydrogen) atoms. The first-order chi connectivity index (χ1) is 16.6. The zero-order chi connectivity index (χ0) is 23.7. The summed E-state index contributed by atoms with van der Waals surface area (Å²) in [5, 5.41) is 19.1. The summed E-state index contributed by atoms with van der Waals surface area (Å²) in [5.74, 6) is -0.612. The van der Waals surface area contributed by atoms with Gasteiger partial charge in [-0.25, -0.2) is 0 Å². The first-order valence-corrected chi connectivity index (χ1v) is 12.0. The Morgan fingerprint density at radius 2 is 1.35 bits per heavy atom. The highest BCUT2D eigenvalue weighted by Gasteiger charge is 2.18. The van der Waals surface area contributed by atoms with Gasteiger partial charge in [0, 0.05) is 11.1 Å². The minimum absolute atomic E-state index is 0.0333. The molecule has 0 aliphatic carbocycles. The van der Waals surface area contributed by atoms with E-state index in [1.54, 1.807) is 12.1 Å². The molecule has 1 unspecified atom stereocenters. The Labute approximate surface area is 199 Å². The van der Waals surface area contributed by atoms with Crippen LogP contribution in [0.15, 0.2) is 84.9 Å². The van der Waals surface area contributed by atoms with Gasteiger partial charge in [0.25, 0.3) is 0 Å². The first-order valence-electron chi connectivity index (χ1n) is 12.0. The van der Waals surface area contributed by atoms with E-state index in [4.69, 9.17) is 4.74 Å². The summed E-state index contributed by atoms with van der Waals surface area (Å²) in [6, 6.07) is 28.2. The number of ether oxygens (including phenoxy) is 1. The van der Waals surface area contributed by atoms with E-state index < -0.39 is 5.97 Å². The number of carboxylic acids is 1. The number of hydrogen-bond donors (Lipinski definition) is 0. The summed E-state index contributed by atoms with van der Waals surface area (Å²) < 4.78 is 6.36. The van der Waals surface area contributed by atoms with Crippen LogP contribution in [0.1, 0.15) is 43.5 Å². The Morgan fingerprint density at radius 3 is 1.91 bits per heavy atom. The third-order valence-corrected chi connectivity index (χ3v) is 6.64. The molecule has 5 aromatic rings. The van der Waals surface area contributed by atoms with E-state index in [-0.39, 0.29) is 11.7 Å². The molecule has 3 nitrogen and oxygen atoms in total. The van der Waals surface area contributed by atoms with Crippen LogP contribution in [0.2, 0.25) is 0 Å². The fourth-order valence-corrected chi connectivity index (χ4v) is 5.01. The van der Waals surface area contributed by atoms with Crippen molar-refractivity contribution < 1.29 is 14.6 Å². The average Bonchev–Trinajstić information content (AvgIpc) is 2.88. The Bertz CT molecular complexity index is 1480. The largest absolute Gasteiger partial charge is 0.545 e. The average molecular weight is 448 g/mol. The predicted molar refractivity (Wildman–Crippen MR) is 138 cm³/mol. The van der Waals surface area contributed by atoms with E-state index in [0.29, 0.717) is 11.3 Å². The number of carboxylic acid groups (broad SMARTS) is 1. The highest BCUT2D eigenvalue weighted by Crippen LogP contribution is 2.40. The van der Waals surface area contributed by atoms with Crippen molar-refractivity contribution >= 4 is 38.3 Å². The number of carbonyl (C=O) groups is 1. The minimum atomic E-state index is -1.20. The Balaban J connectivity index is 1.79. The van der Waals surface area contributed by atoms with Crippen LogP contribution in [0.3, 0.4) is 0 Å². The van der Waals surface area contributed by atoms with E-state index in [2.05, 4.69) is 68.4 Å². The van der Waals surface area contributed by atoms with E-state index >= 15 is 0 Å². The van der Waals surface area contributed by atoms with E-state index in [1.807, 2.05) is 18.2 Å². The molecule has 5 aromatic carbocycles. The van der Waals surface area contributed by atoms with Crippen LogP contribution in [0.25, 0.3) is 43.4 Å². The fraction of sp³-hybridized carbons (Fsp3) is 0.194. The van der Waals surface area contributed by atoms with Gasteiger partial charge >= 0.3 is 0 Å². The van der Waals surface area contributed by atoms with Gasteiger partial charge in [-0.05, 0) is 62.9 Å². The van der Waals surface area contributed by atoms with Gasteiger partial charge in [0.2, 0.25) is 0 Å². The van der Waals surface area contributed by atoms with Gasteiger partial charge in [0.1, 0.15) is 5.75 Å². The van der Waals surface area contributed by atoms with Crippen LogP contribution < -0.4 is 9.84 Å². The van der Waals surface area contributed by atoms with Crippen LogP contribution in [0.5, 0.6) is 5.75 Å². The second-order valence-corrected chi connectivity index (χ2v) is 8.75. The molecule has 0 spiro atoms. The quantitative estimate of drug-likeness (QED) is 0.249. The lowest BCUT2D eigenvalue weighted by Gasteiger charge is -2.22. The molecule has 0 fully saturated rings. The molecule has 0 saturated carbocycles. The number of carbonyl (C=O) groups excluding carboxylic acids is 1. The maximum absolute atomic E-state index is 12.1. The van der Waals surface area contributed by atoms with Crippen molar-refractivity contribution in [2.75, 3.05) is 0 Å². The van der Waals surface area contributed by atoms with Crippen LogP contribution in [0, 0.1) is 0 Å². The molecule has 3 heteroatoms. The van der Waals surface area contributed by atoms with E-state index in [0.717, 1.165) is 41.0 Å². The van der Waals surface area contributed by atoms with Crippen molar-refractivity contribution in [2.45, 2.75) is 39.2 Å². The molecule has 5 rings (SSSR count). The second kappa shape index (κ2) is 9.18. The van der Waals surface area contributed by atoms with Gasteiger partial charge in [-0.1, -0.05) is 93.1 Å². The van der Waals surface area contributed by atoms with Crippen molar-refractivity contribution in [3.8, 4) is 16.9 Å². The molecule has 0 aromatic heterocycles. The summed E-state index contributed by atoms with van der Waals surface area (Å²) in [4.78, 5) is 12.1. The minimum Gasteiger partial charge on any atom is -0.545 e. The molecule has 1 atom stereocenters. The lowest BCUT2D eigenvalue weighted by Crippen LogP contribution is -2.24. The zero-order valence-electron chi connectivity index (χ0n) is 19.5. The van der Waals surface area contributed by atoms with Crippen LogP contribution in [-0.4, -0.2) is 12.1 Å². The summed E-state index contributed by atoms with van der Waals surface area (Å²) in [6.45, 7) is 4.22. The highest BCUT2D eigenvalue weighted by molar-refractivity contribution is 6.25. The van der Waals surface area contributed by atoms with Crippen LogP contribution >= 0.6 is 0 Å². The molecule has 170 valence electrons. The molecule has 0 saturated heterocycles. The van der Waals surface area contributed by atoms with Crippen molar-refractivity contribution in [1.29, 1.82) is 0 Å². The van der Waals surface area contributed by atoms with Gasteiger partial charge in [-0.2, -0.15) is 0 Å². The number of hydrogen-bond acceptors (Lipinski definition) is 3. The standard InChI is InChI=1S/C31H28O3/c1-3-10-21(4-2)34-29-16-9-15-27(31(32)33)30(29)20-17-18-26-24-13-6-5-11-22(24)23-12-7-8-14-25(23)28(26)19-20/h5-9,11-19,21H,3-4,10H2,1-2H3,(H,32,33)/p-1. The van der Waals surface area contributed by atoms with Crippen LogP contribution in [0.4, 0.5) is 0 Å². The van der Waals surface area contributed by atoms with Gasteiger partial charge in [-0.3, -0.25) is 0 Å². The fourth-order valence-electron chi connectivity index (χ4n) is 5.01. The van der Waals surface area contributed by atoms with Gasteiger partial charge < -0.3 is 14.6 Å². The highest BCUT2D eigenvalue weighted by atomic mass is 16.5. The van der Waals surface area contributed by atoms with Gasteiger partial charge in [0.05, 0.1) is 12.1 Å². The molecule has 0 amide bonds. The maximum atomic E-state index is 12.1. The number of aromatic carboxylic acids is 1. The summed E-state index contributed by atoms with van der Waals surface area (Å²) in [7, 11) is 0. The Morgan fingerprint density at radius 1 is 0.765 bits per heavy atom. The normalized spacial score (nSPS) is 12.3. The van der Waals surface area contributed by atoms with Crippen molar-refractivity contribution in [3.05, 3.63) is 90.5 Å². The zero-order valence-corrected chi connectivity index (χ0v) is 19.5. The number of benzene rings is 5. The lowest BCUT2D eigenvalue weighted by molar-refractivity contribution is -0.254. The van der Waals surface area contributed by atoms with E-state index in [9.17, 15) is 9.90 Å². The Kier molecular flexibility index (Phi) is 5.93. The molecule has 0 aliphatic rings. The lowest BCUT2D eigenvalue weighted by atomic mass is 9.90. The smallest absolute Gasteiger partial charge is 0.128 e. The van der Waals surface area contributed by atoms with Crippen LogP contribution in [-0.2, 0) is 0 Å². The topological polar surface area (TPSA) is 49.4 Å². The third kappa shape index (κ3) is 3.77. The summed E-state index contributed by atoms with van der Waals surface area (Å²) in [6.07, 6.45) is 2.81. The van der Waals surface area contributed by atoms with Gasteiger partial charge in [-0.15, -0.1) is 0 Å². The summed E-state index contributed by atoms with van der Waals surface area (Å²) in [5.41, 5.74) is 1.54. The van der Waals surface area contributed by atoms with Crippen molar-refractivity contribution in [3.63, 3.8) is 0 Å². The maximum Gasteiger partial charge on any atom is 0.128 e. The molecule has 0 N–H and O–H groups in total. The number of rotatable bonds is 7.